The maximum atomic E-state index is 9.46. The second kappa shape index (κ2) is 3.35. The van der Waals surface area contributed by atoms with Gasteiger partial charge in [-0.05, 0) is 31.6 Å². The van der Waals surface area contributed by atoms with Crippen LogP contribution in [0.4, 0.5) is 0 Å². The summed E-state index contributed by atoms with van der Waals surface area (Å²) in [5.41, 5.74) is 5.82. The van der Waals surface area contributed by atoms with Gasteiger partial charge in [0.05, 0.1) is 6.10 Å². The molecule has 2 heteroatoms. The van der Waals surface area contributed by atoms with Crippen LogP contribution in [0.1, 0.15) is 32.6 Å². The molecular weight excluding hydrogens is 126 g/mol. The van der Waals surface area contributed by atoms with Gasteiger partial charge in [-0.15, -0.1) is 0 Å². The molecule has 1 fully saturated rings. The van der Waals surface area contributed by atoms with E-state index in [1.54, 1.807) is 0 Å². The molecule has 3 unspecified atom stereocenters. The van der Waals surface area contributed by atoms with Crippen molar-refractivity contribution in [2.24, 2.45) is 11.7 Å². The van der Waals surface area contributed by atoms with Gasteiger partial charge in [-0.1, -0.05) is 6.92 Å². The number of rotatable bonds is 1. The van der Waals surface area contributed by atoms with Crippen molar-refractivity contribution in [1.29, 1.82) is 0 Å². The first-order valence-electron chi connectivity index (χ1n) is 4.19. The second-order valence-corrected chi connectivity index (χ2v) is 3.23. The molecule has 1 rings (SSSR count). The first-order chi connectivity index (χ1) is 4.75. The fourth-order valence-electron chi connectivity index (χ4n) is 1.85. The van der Waals surface area contributed by atoms with Crippen LogP contribution in [0, 0.1) is 5.92 Å². The highest BCUT2D eigenvalue weighted by atomic mass is 16.3. The molecule has 60 valence electrons. The van der Waals surface area contributed by atoms with Crippen LogP contribution in [0.5, 0.6) is 0 Å². The molecular formula is C8H17NO. The Morgan fingerprint density at radius 1 is 1.50 bits per heavy atom. The van der Waals surface area contributed by atoms with Crippen molar-refractivity contribution in [1.82, 2.24) is 0 Å². The Bertz CT molecular complexity index is 95.4. The van der Waals surface area contributed by atoms with E-state index >= 15 is 0 Å². The summed E-state index contributed by atoms with van der Waals surface area (Å²) in [6, 6.07) is 0.244. The molecule has 0 aromatic rings. The molecule has 0 spiro atoms. The zero-order valence-electron chi connectivity index (χ0n) is 6.59. The minimum absolute atomic E-state index is 0.131. The van der Waals surface area contributed by atoms with Gasteiger partial charge in [0.1, 0.15) is 0 Å². The van der Waals surface area contributed by atoms with E-state index in [-0.39, 0.29) is 12.1 Å². The van der Waals surface area contributed by atoms with Crippen LogP contribution in [0.2, 0.25) is 0 Å². The summed E-state index contributed by atoms with van der Waals surface area (Å²) in [4.78, 5) is 0. The van der Waals surface area contributed by atoms with E-state index in [4.69, 9.17) is 5.73 Å². The summed E-state index contributed by atoms with van der Waals surface area (Å²) >= 11 is 0. The summed E-state index contributed by atoms with van der Waals surface area (Å²) in [5.74, 6) is 0.355. The third-order valence-corrected chi connectivity index (χ3v) is 2.55. The molecule has 0 aromatic heterocycles. The van der Waals surface area contributed by atoms with Crippen LogP contribution >= 0.6 is 0 Å². The summed E-state index contributed by atoms with van der Waals surface area (Å²) in [6.45, 7) is 2.10. The number of aliphatic hydroxyl groups is 1. The molecule has 2 nitrogen and oxygen atoms in total. The fraction of sp³-hybridized carbons (Fsp3) is 1.00. The summed E-state index contributed by atoms with van der Waals surface area (Å²) in [6.07, 6.45) is 4.02. The Morgan fingerprint density at radius 3 is 2.60 bits per heavy atom. The Kier molecular flexibility index (Phi) is 2.69. The van der Waals surface area contributed by atoms with Crippen LogP contribution in [-0.2, 0) is 0 Å². The Balaban J connectivity index is 2.45. The maximum absolute atomic E-state index is 9.46. The van der Waals surface area contributed by atoms with E-state index in [0.29, 0.717) is 5.92 Å². The third kappa shape index (κ3) is 1.50. The van der Waals surface area contributed by atoms with Crippen LogP contribution in [0.3, 0.4) is 0 Å². The molecule has 0 bridgehead atoms. The SMILES string of the molecule is CCC1C(N)CCCC1O. The van der Waals surface area contributed by atoms with Gasteiger partial charge in [0.25, 0.3) is 0 Å². The van der Waals surface area contributed by atoms with Gasteiger partial charge >= 0.3 is 0 Å². The number of aliphatic hydroxyl groups excluding tert-OH is 1. The average molecular weight is 143 g/mol. The van der Waals surface area contributed by atoms with E-state index < -0.39 is 0 Å². The lowest BCUT2D eigenvalue weighted by Gasteiger charge is -2.32. The Labute approximate surface area is 62.4 Å². The van der Waals surface area contributed by atoms with E-state index in [1.807, 2.05) is 0 Å². The number of hydrogen-bond donors (Lipinski definition) is 2. The highest BCUT2D eigenvalue weighted by Crippen LogP contribution is 2.25. The summed E-state index contributed by atoms with van der Waals surface area (Å²) < 4.78 is 0. The zero-order valence-corrected chi connectivity index (χ0v) is 6.59. The van der Waals surface area contributed by atoms with Crippen molar-refractivity contribution in [2.75, 3.05) is 0 Å². The fourth-order valence-corrected chi connectivity index (χ4v) is 1.85. The minimum atomic E-state index is -0.131. The van der Waals surface area contributed by atoms with Crippen LogP contribution < -0.4 is 5.73 Å². The molecule has 10 heavy (non-hydrogen) atoms. The molecule has 0 radical (unpaired) electrons. The summed E-state index contributed by atoms with van der Waals surface area (Å²) in [5, 5.41) is 9.46. The molecule has 3 atom stereocenters. The molecule has 1 aliphatic carbocycles. The molecule has 0 amide bonds. The van der Waals surface area contributed by atoms with E-state index in [1.165, 1.54) is 0 Å². The van der Waals surface area contributed by atoms with Gasteiger partial charge < -0.3 is 10.8 Å². The van der Waals surface area contributed by atoms with Crippen LogP contribution in [-0.4, -0.2) is 17.3 Å². The van der Waals surface area contributed by atoms with Gasteiger partial charge in [0.2, 0.25) is 0 Å². The zero-order chi connectivity index (χ0) is 7.56. The highest BCUT2D eigenvalue weighted by Gasteiger charge is 2.27. The Hall–Kier alpha value is -0.0800. The van der Waals surface area contributed by atoms with Gasteiger partial charge in [0.15, 0.2) is 0 Å². The lowest BCUT2D eigenvalue weighted by molar-refractivity contribution is 0.0554. The number of hydrogen-bond acceptors (Lipinski definition) is 2. The quantitative estimate of drug-likeness (QED) is 0.572. The smallest absolute Gasteiger partial charge is 0.0583 e. The topological polar surface area (TPSA) is 46.2 Å². The first-order valence-corrected chi connectivity index (χ1v) is 4.19. The Morgan fingerprint density at radius 2 is 2.20 bits per heavy atom. The van der Waals surface area contributed by atoms with Crippen molar-refractivity contribution in [2.45, 2.75) is 44.8 Å². The lowest BCUT2D eigenvalue weighted by atomic mass is 9.81. The van der Waals surface area contributed by atoms with Gasteiger partial charge in [-0.25, -0.2) is 0 Å². The molecule has 0 heterocycles. The minimum Gasteiger partial charge on any atom is -0.393 e. The largest absolute Gasteiger partial charge is 0.393 e. The van der Waals surface area contributed by atoms with Crippen molar-refractivity contribution in [3.63, 3.8) is 0 Å². The van der Waals surface area contributed by atoms with E-state index in [0.717, 1.165) is 25.7 Å². The maximum Gasteiger partial charge on any atom is 0.0583 e. The van der Waals surface area contributed by atoms with Crippen molar-refractivity contribution >= 4 is 0 Å². The first kappa shape index (κ1) is 8.02. The normalized spacial score (nSPS) is 41.7. The van der Waals surface area contributed by atoms with Gasteiger partial charge in [-0.2, -0.15) is 0 Å². The van der Waals surface area contributed by atoms with E-state index in [2.05, 4.69) is 6.92 Å². The third-order valence-electron chi connectivity index (χ3n) is 2.55. The molecule has 0 saturated heterocycles. The second-order valence-electron chi connectivity index (χ2n) is 3.23. The van der Waals surface area contributed by atoms with Crippen LogP contribution in [0.25, 0.3) is 0 Å². The van der Waals surface area contributed by atoms with Crippen molar-refractivity contribution in [3.8, 4) is 0 Å². The van der Waals surface area contributed by atoms with Crippen LogP contribution in [0.15, 0.2) is 0 Å². The highest BCUT2D eigenvalue weighted by molar-refractivity contribution is 4.83. The predicted molar refractivity (Wildman–Crippen MR) is 41.6 cm³/mol. The average Bonchev–Trinajstić information content (AvgIpc) is 1.88. The molecule has 1 saturated carbocycles. The molecule has 1 aliphatic rings. The van der Waals surface area contributed by atoms with Gasteiger partial charge in [-0.3, -0.25) is 0 Å². The van der Waals surface area contributed by atoms with E-state index in [9.17, 15) is 5.11 Å². The summed E-state index contributed by atoms with van der Waals surface area (Å²) in [7, 11) is 0. The van der Waals surface area contributed by atoms with Gasteiger partial charge in [0, 0.05) is 6.04 Å². The molecule has 3 N–H and O–H groups in total. The lowest BCUT2D eigenvalue weighted by Crippen LogP contribution is -2.41. The van der Waals surface area contributed by atoms with Crippen molar-refractivity contribution < 1.29 is 5.11 Å². The molecule has 0 aromatic carbocycles. The standard InChI is InChI=1S/C8H17NO/c1-2-6-7(9)4-3-5-8(6)10/h6-8,10H,2-5,9H2,1H3. The molecule has 0 aliphatic heterocycles. The van der Waals surface area contributed by atoms with Crippen molar-refractivity contribution in [3.05, 3.63) is 0 Å². The predicted octanol–water partition coefficient (Wildman–Crippen LogP) is 0.885. The number of nitrogens with two attached hydrogens (primary N) is 1. The monoisotopic (exact) mass is 143 g/mol.